The number of ketones is 3. The number of rotatable bonds is 7. The highest BCUT2D eigenvalue weighted by Crippen LogP contribution is 2.38. The highest BCUT2D eigenvalue weighted by molar-refractivity contribution is 6.31. The molecule has 0 saturated carbocycles. The lowest BCUT2D eigenvalue weighted by Gasteiger charge is -2.22. The zero-order valence-corrected chi connectivity index (χ0v) is 16.3. The summed E-state index contributed by atoms with van der Waals surface area (Å²) in [6.45, 7) is 1.60. The van der Waals surface area contributed by atoms with Crippen LogP contribution in [0.4, 0.5) is 5.69 Å². The fourth-order valence-corrected chi connectivity index (χ4v) is 3.22. The van der Waals surface area contributed by atoms with Crippen molar-refractivity contribution in [2.24, 2.45) is 0 Å². The number of aromatic hydroxyl groups is 1. The van der Waals surface area contributed by atoms with Crippen LogP contribution in [0.25, 0.3) is 0 Å². The van der Waals surface area contributed by atoms with Gasteiger partial charge in [-0.05, 0) is 25.5 Å². The molecular weight excluding hydrogens is 398 g/mol. The lowest BCUT2D eigenvalue weighted by Crippen LogP contribution is -2.23. The number of hydrogen-bond donors (Lipinski definition) is 2. The van der Waals surface area contributed by atoms with E-state index in [1.54, 1.807) is 0 Å². The van der Waals surface area contributed by atoms with E-state index in [0.29, 0.717) is 12.8 Å². The van der Waals surface area contributed by atoms with Crippen LogP contribution in [0, 0.1) is 0 Å². The molecule has 0 heterocycles. The number of carbonyl (C=O) groups excluding carboxylic acids is 4. The van der Waals surface area contributed by atoms with Crippen LogP contribution in [0.2, 0.25) is 0 Å². The molecule has 0 saturated heterocycles. The van der Waals surface area contributed by atoms with Gasteiger partial charge in [0.2, 0.25) is 11.7 Å². The van der Waals surface area contributed by atoms with Crippen molar-refractivity contribution in [2.75, 3.05) is 17.8 Å². The van der Waals surface area contributed by atoms with E-state index in [9.17, 15) is 24.3 Å². The Labute approximate surface area is 171 Å². The quantitative estimate of drug-likeness (QED) is 0.453. The van der Waals surface area contributed by atoms with Crippen LogP contribution in [0.3, 0.4) is 0 Å². The summed E-state index contributed by atoms with van der Waals surface area (Å²) in [5, 5.41) is 12.7. The molecule has 0 unspecified atom stereocenters. The Kier molecular flexibility index (Phi) is 5.98. The number of anilines is 1. The molecule has 0 spiro atoms. The number of fused-ring (bicyclic) bond motifs is 2. The van der Waals surface area contributed by atoms with E-state index >= 15 is 0 Å². The van der Waals surface area contributed by atoms with Crippen LogP contribution in [0.15, 0.2) is 30.3 Å². The minimum absolute atomic E-state index is 0.00357. The van der Waals surface area contributed by atoms with Gasteiger partial charge in [-0.25, -0.2) is 0 Å². The smallest absolute Gasteiger partial charge is 0.239 e. The number of Topliss-reactive ketones (excluding diaryl/α,β-unsaturated/α-hetero) is 1. The molecule has 0 radical (unpaired) electrons. The minimum atomic E-state index is -0.551. The Bertz CT molecular complexity index is 1030. The third kappa shape index (κ3) is 4.14. The Hall–Kier alpha value is -3.19. The average Bonchev–Trinajstić information content (AvgIpc) is 2.68. The molecule has 0 bridgehead atoms. The Balaban J connectivity index is 2.07. The second-order valence-corrected chi connectivity index (χ2v) is 6.86. The fourth-order valence-electron chi connectivity index (χ4n) is 3.15. The molecule has 29 heavy (non-hydrogen) atoms. The van der Waals surface area contributed by atoms with E-state index in [1.165, 1.54) is 37.3 Å². The maximum atomic E-state index is 13.1. The topological polar surface area (TPSA) is 110 Å². The highest BCUT2D eigenvalue weighted by atomic mass is 35.5. The van der Waals surface area contributed by atoms with Crippen molar-refractivity contribution in [1.82, 2.24) is 0 Å². The van der Waals surface area contributed by atoms with Gasteiger partial charge in [-0.2, -0.15) is 0 Å². The summed E-state index contributed by atoms with van der Waals surface area (Å²) in [5.74, 6) is -2.00. The first-order valence-corrected chi connectivity index (χ1v) is 9.44. The molecule has 2 aromatic rings. The Morgan fingerprint density at radius 3 is 2.55 bits per heavy atom. The van der Waals surface area contributed by atoms with Gasteiger partial charge in [0, 0.05) is 29.3 Å². The standard InChI is InChI=1S/C21H18ClNO6/c1-11(24)4-3-7-29-16-9-12(23-17(26)10-22)8-14-19(16)21(28)18-13(20(14)27)5-2-6-15(18)25/h2,5-6,8-9,25H,3-4,7,10H2,1H3,(H,23,26). The molecular formula is C21H18ClNO6. The molecule has 150 valence electrons. The lowest BCUT2D eigenvalue weighted by molar-refractivity contribution is -0.117. The monoisotopic (exact) mass is 415 g/mol. The number of alkyl halides is 1. The van der Waals surface area contributed by atoms with Crippen molar-refractivity contribution in [1.29, 1.82) is 0 Å². The highest BCUT2D eigenvalue weighted by Gasteiger charge is 2.35. The van der Waals surface area contributed by atoms with Crippen molar-refractivity contribution in [3.8, 4) is 11.5 Å². The number of benzene rings is 2. The summed E-state index contributed by atoms with van der Waals surface area (Å²) in [6, 6.07) is 7.07. The van der Waals surface area contributed by atoms with Gasteiger partial charge in [0.05, 0.1) is 17.7 Å². The fraction of sp³-hybridized carbons (Fsp3) is 0.238. The SMILES string of the molecule is CC(=O)CCCOc1cc(NC(=O)CCl)cc2c1C(=O)c1c(O)cccc1C2=O. The van der Waals surface area contributed by atoms with Crippen LogP contribution in [-0.4, -0.2) is 40.9 Å². The van der Waals surface area contributed by atoms with Crippen LogP contribution in [0.1, 0.15) is 51.6 Å². The van der Waals surface area contributed by atoms with Crippen molar-refractivity contribution < 1.29 is 29.0 Å². The first-order chi connectivity index (χ1) is 13.8. The van der Waals surface area contributed by atoms with Gasteiger partial charge in [-0.15, -0.1) is 11.6 Å². The maximum Gasteiger partial charge on any atom is 0.239 e. The maximum absolute atomic E-state index is 13.1. The summed E-state index contributed by atoms with van der Waals surface area (Å²) in [4.78, 5) is 48.9. The van der Waals surface area contributed by atoms with Gasteiger partial charge < -0.3 is 20.0 Å². The predicted octanol–water partition coefficient (Wildman–Crippen LogP) is 3.09. The first kappa shape index (κ1) is 20.5. The summed E-state index contributed by atoms with van der Waals surface area (Å²) in [5.41, 5.74) is 0.306. The molecule has 0 aromatic heterocycles. The van der Waals surface area contributed by atoms with Gasteiger partial charge in [-0.3, -0.25) is 14.4 Å². The molecule has 1 amide bonds. The van der Waals surface area contributed by atoms with E-state index in [0.717, 1.165) is 0 Å². The molecule has 2 aromatic carbocycles. The number of carbonyl (C=O) groups is 4. The number of ether oxygens (including phenoxy) is 1. The third-order valence-corrected chi connectivity index (χ3v) is 4.67. The van der Waals surface area contributed by atoms with Gasteiger partial charge in [-0.1, -0.05) is 12.1 Å². The lowest BCUT2D eigenvalue weighted by atomic mass is 9.83. The van der Waals surface area contributed by atoms with Crippen molar-refractivity contribution >= 4 is 40.5 Å². The van der Waals surface area contributed by atoms with Crippen LogP contribution in [-0.2, 0) is 9.59 Å². The van der Waals surface area contributed by atoms with Gasteiger partial charge in [0.15, 0.2) is 5.78 Å². The van der Waals surface area contributed by atoms with Gasteiger partial charge in [0.25, 0.3) is 0 Å². The largest absolute Gasteiger partial charge is 0.507 e. The van der Waals surface area contributed by atoms with Crippen molar-refractivity contribution in [3.63, 3.8) is 0 Å². The molecule has 0 aliphatic heterocycles. The van der Waals surface area contributed by atoms with Crippen molar-refractivity contribution in [3.05, 3.63) is 52.6 Å². The van der Waals surface area contributed by atoms with Crippen LogP contribution >= 0.6 is 11.6 Å². The molecule has 7 nitrogen and oxygen atoms in total. The zero-order chi connectivity index (χ0) is 21.1. The molecule has 0 atom stereocenters. The van der Waals surface area contributed by atoms with E-state index in [2.05, 4.69) is 5.32 Å². The summed E-state index contributed by atoms with van der Waals surface area (Å²) in [6.07, 6.45) is 0.730. The summed E-state index contributed by atoms with van der Waals surface area (Å²) < 4.78 is 5.69. The Morgan fingerprint density at radius 2 is 1.86 bits per heavy atom. The summed E-state index contributed by atoms with van der Waals surface area (Å²) in [7, 11) is 0. The molecule has 3 rings (SSSR count). The minimum Gasteiger partial charge on any atom is -0.507 e. The number of phenols is 1. The molecule has 0 fully saturated rings. The molecule has 2 N–H and O–H groups in total. The first-order valence-electron chi connectivity index (χ1n) is 8.91. The van der Waals surface area contributed by atoms with E-state index in [4.69, 9.17) is 16.3 Å². The molecule has 1 aliphatic rings. The zero-order valence-electron chi connectivity index (χ0n) is 15.6. The van der Waals surface area contributed by atoms with Crippen LogP contribution in [0.5, 0.6) is 11.5 Å². The van der Waals surface area contributed by atoms with Gasteiger partial charge >= 0.3 is 0 Å². The van der Waals surface area contributed by atoms with E-state index in [-0.39, 0.29) is 57.7 Å². The predicted molar refractivity (Wildman–Crippen MR) is 106 cm³/mol. The van der Waals surface area contributed by atoms with Gasteiger partial charge in [0.1, 0.15) is 23.2 Å². The number of amides is 1. The number of hydrogen-bond acceptors (Lipinski definition) is 6. The normalized spacial score (nSPS) is 12.2. The summed E-state index contributed by atoms with van der Waals surface area (Å²) >= 11 is 5.53. The van der Waals surface area contributed by atoms with Crippen molar-refractivity contribution in [2.45, 2.75) is 19.8 Å². The molecule has 1 aliphatic carbocycles. The second-order valence-electron chi connectivity index (χ2n) is 6.59. The third-order valence-electron chi connectivity index (χ3n) is 4.42. The second kappa shape index (κ2) is 8.45. The average molecular weight is 416 g/mol. The number of nitrogens with one attached hydrogen (secondary N) is 1. The van der Waals surface area contributed by atoms with E-state index in [1.807, 2.05) is 0 Å². The van der Waals surface area contributed by atoms with Crippen LogP contribution < -0.4 is 10.1 Å². The van der Waals surface area contributed by atoms with E-state index < -0.39 is 17.5 Å². The number of halogens is 1. The Morgan fingerprint density at radius 1 is 1.10 bits per heavy atom. The molecule has 8 heteroatoms. The number of phenolic OH excluding ortho intramolecular Hbond substituents is 1.